The number of H-pyrrole nitrogens is 1. The molecular weight excluding hydrogens is 402 g/mol. The lowest BCUT2D eigenvalue weighted by atomic mass is 9.85. The minimum absolute atomic E-state index is 0.0127. The summed E-state index contributed by atoms with van der Waals surface area (Å²) in [4.78, 5) is 33.1. The van der Waals surface area contributed by atoms with Gasteiger partial charge in [0.25, 0.3) is 0 Å². The van der Waals surface area contributed by atoms with Crippen molar-refractivity contribution >= 4 is 23.6 Å². The van der Waals surface area contributed by atoms with Crippen molar-refractivity contribution in [2.45, 2.75) is 70.1 Å². The summed E-state index contributed by atoms with van der Waals surface area (Å²) >= 11 is 1.32. The number of aromatic amines is 1. The number of nitrogens with zero attached hydrogens (tertiary/aromatic N) is 4. The summed E-state index contributed by atoms with van der Waals surface area (Å²) in [5, 5.41) is 13.5. The van der Waals surface area contributed by atoms with Crippen LogP contribution in [0, 0.1) is 12.8 Å². The third-order valence-electron chi connectivity index (χ3n) is 5.37. The van der Waals surface area contributed by atoms with Crippen molar-refractivity contribution < 1.29 is 9.59 Å². The molecule has 0 saturated heterocycles. The lowest BCUT2D eigenvalue weighted by Crippen LogP contribution is -2.41. The fourth-order valence-corrected chi connectivity index (χ4v) is 4.40. The van der Waals surface area contributed by atoms with E-state index in [1.54, 1.807) is 0 Å². The topological polar surface area (TPSA) is 118 Å². The number of hydrogen-bond acceptors (Lipinski definition) is 6. The summed E-state index contributed by atoms with van der Waals surface area (Å²) in [6.45, 7) is 5.46. The summed E-state index contributed by atoms with van der Waals surface area (Å²) in [5.74, 6) is 2.29. The molecule has 164 valence electrons. The van der Waals surface area contributed by atoms with Crippen molar-refractivity contribution in [1.82, 2.24) is 35.4 Å². The van der Waals surface area contributed by atoms with E-state index in [2.05, 4.69) is 42.3 Å². The number of nitrogens with one attached hydrogen (secondary N) is 3. The van der Waals surface area contributed by atoms with E-state index in [0.717, 1.165) is 56.7 Å². The van der Waals surface area contributed by atoms with Crippen molar-refractivity contribution in [2.24, 2.45) is 5.92 Å². The first-order valence-electron chi connectivity index (χ1n) is 10.6. The molecule has 0 spiro atoms. The van der Waals surface area contributed by atoms with E-state index in [0.29, 0.717) is 17.5 Å². The molecule has 3 rings (SSSR count). The molecule has 1 aliphatic rings. The van der Waals surface area contributed by atoms with Crippen LogP contribution in [0.15, 0.2) is 17.6 Å². The van der Waals surface area contributed by atoms with E-state index >= 15 is 0 Å². The van der Waals surface area contributed by atoms with Gasteiger partial charge >= 0.3 is 0 Å². The van der Waals surface area contributed by atoms with Crippen LogP contribution >= 0.6 is 11.8 Å². The van der Waals surface area contributed by atoms with Gasteiger partial charge in [-0.2, -0.15) is 0 Å². The van der Waals surface area contributed by atoms with E-state index in [9.17, 15) is 9.59 Å². The highest BCUT2D eigenvalue weighted by molar-refractivity contribution is 7.99. The number of amides is 2. The number of imidazole rings is 1. The molecule has 9 nitrogen and oxygen atoms in total. The molecule has 1 fully saturated rings. The molecule has 2 aromatic heterocycles. The maximum Gasteiger partial charge on any atom is 0.230 e. The van der Waals surface area contributed by atoms with Gasteiger partial charge in [-0.1, -0.05) is 18.7 Å². The molecule has 0 bridgehead atoms. The molecule has 2 aromatic rings. The van der Waals surface area contributed by atoms with Gasteiger partial charge in [-0.3, -0.25) is 14.7 Å². The molecule has 0 aliphatic heterocycles. The summed E-state index contributed by atoms with van der Waals surface area (Å²) in [6, 6.07) is 0.143. The van der Waals surface area contributed by atoms with Gasteiger partial charge in [0.1, 0.15) is 11.6 Å². The Morgan fingerprint density at radius 3 is 2.80 bits per heavy atom. The summed E-state index contributed by atoms with van der Waals surface area (Å²) < 4.78 is 2.14. The van der Waals surface area contributed by atoms with Crippen LogP contribution in [0.1, 0.15) is 50.7 Å². The first-order valence-corrected chi connectivity index (χ1v) is 11.6. The predicted molar refractivity (Wildman–Crippen MR) is 115 cm³/mol. The fourth-order valence-electron chi connectivity index (χ4n) is 3.75. The third kappa shape index (κ3) is 6.58. The number of carbonyl (C=O) groups is 2. The molecule has 2 heterocycles. The Balaban J connectivity index is 1.28. The highest BCUT2D eigenvalue weighted by Crippen LogP contribution is 2.24. The summed E-state index contributed by atoms with van der Waals surface area (Å²) in [5.41, 5.74) is 0. The molecule has 2 amide bonds. The Morgan fingerprint density at radius 1 is 1.30 bits per heavy atom. The van der Waals surface area contributed by atoms with E-state index in [1.807, 2.05) is 19.3 Å². The van der Waals surface area contributed by atoms with Crippen LogP contribution in [-0.4, -0.2) is 54.9 Å². The summed E-state index contributed by atoms with van der Waals surface area (Å²) in [6.07, 6.45) is 8.91. The number of aryl methyl sites for hydroxylation is 3. The Hall–Kier alpha value is -2.36. The van der Waals surface area contributed by atoms with Gasteiger partial charge in [0.05, 0.1) is 5.75 Å². The van der Waals surface area contributed by atoms with Crippen molar-refractivity contribution in [1.29, 1.82) is 0 Å². The first kappa shape index (κ1) is 22.3. The van der Waals surface area contributed by atoms with Crippen LogP contribution in [0.5, 0.6) is 0 Å². The zero-order valence-electron chi connectivity index (χ0n) is 17.7. The maximum absolute atomic E-state index is 12.4. The van der Waals surface area contributed by atoms with Crippen molar-refractivity contribution in [2.75, 3.05) is 12.3 Å². The molecule has 10 heteroatoms. The van der Waals surface area contributed by atoms with Gasteiger partial charge in [0.15, 0.2) is 0 Å². The van der Waals surface area contributed by atoms with E-state index in [-0.39, 0.29) is 23.8 Å². The second kappa shape index (κ2) is 11.1. The van der Waals surface area contributed by atoms with Crippen LogP contribution < -0.4 is 10.6 Å². The number of aromatic nitrogens is 5. The molecule has 3 N–H and O–H groups in total. The lowest BCUT2D eigenvalue weighted by Gasteiger charge is -2.28. The molecule has 0 aromatic carbocycles. The van der Waals surface area contributed by atoms with E-state index in [1.165, 1.54) is 11.8 Å². The van der Waals surface area contributed by atoms with Crippen LogP contribution in [0.25, 0.3) is 0 Å². The van der Waals surface area contributed by atoms with Crippen LogP contribution in [0.2, 0.25) is 0 Å². The van der Waals surface area contributed by atoms with Gasteiger partial charge in [0.2, 0.25) is 17.0 Å². The minimum Gasteiger partial charge on any atom is -0.356 e. The molecule has 1 saturated carbocycles. The number of carbonyl (C=O) groups excluding carboxylic acids is 2. The lowest BCUT2D eigenvalue weighted by molar-refractivity contribution is -0.126. The minimum atomic E-state index is -0.0127. The molecule has 30 heavy (non-hydrogen) atoms. The SMILES string of the molecule is CCc1nccn1CCCNC(=O)C1CCC(NC(=O)CSc2n[nH]c(C)n2)CC1. The van der Waals surface area contributed by atoms with Gasteiger partial charge < -0.3 is 15.2 Å². The Labute approximate surface area is 181 Å². The fraction of sp³-hybridized carbons (Fsp3) is 0.650. The number of thioether (sulfide) groups is 1. The highest BCUT2D eigenvalue weighted by atomic mass is 32.2. The molecular formula is C20H31N7O2S. The van der Waals surface area contributed by atoms with E-state index in [4.69, 9.17) is 0 Å². The zero-order chi connectivity index (χ0) is 21.3. The monoisotopic (exact) mass is 433 g/mol. The van der Waals surface area contributed by atoms with Gasteiger partial charge in [-0.15, -0.1) is 5.10 Å². The van der Waals surface area contributed by atoms with Gasteiger partial charge in [-0.25, -0.2) is 9.97 Å². The second-order valence-electron chi connectivity index (χ2n) is 7.64. The Kier molecular flexibility index (Phi) is 8.30. The van der Waals surface area contributed by atoms with E-state index < -0.39 is 0 Å². The third-order valence-corrected chi connectivity index (χ3v) is 6.21. The zero-order valence-corrected chi connectivity index (χ0v) is 18.5. The van der Waals surface area contributed by atoms with Gasteiger partial charge in [-0.05, 0) is 39.0 Å². The Morgan fingerprint density at radius 2 is 2.10 bits per heavy atom. The smallest absolute Gasteiger partial charge is 0.230 e. The standard InChI is InChI=1S/C20H31N7O2S/c1-3-17-21-10-12-27(17)11-4-9-22-19(29)15-5-7-16(8-6-15)24-18(28)13-30-20-23-14(2)25-26-20/h10,12,15-16H,3-9,11,13H2,1-2H3,(H,22,29)(H,24,28)(H,23,25,26). The number of rotatable bonds is 10. The van der Waals surface area contributed by atoms with Crippen LogP contribution in [0.4, 0.5) is 0 Å². The predicted octanol–water partition coefficient (Wildman–Crippen LogP) is 1.85. The highest BCUT2D eigenvalue weighted by Gasteiger charge is 2.26. The molecule has 1 aliphatic carbocycles. The summed E-state index contributed by atoms with van der Waals surface area (Å²) in [7, 11) is 0. The van der Waals surface area contributed by atoms with Crippen molar-refractivity contribution in [3.8, 4) is 0 Å². The molecule has 0 atom stereocenters. The van der Waals surface area contributed by atoms with Crippen molar-refractivity contribution in [3.05, 3.63) is 24.0 Å². The molecule has 0 unspecified atom stereocenters. The second-order valence-corrected chi connectivity index (χ2v) is 8.59. The maximum atomic E-state index is 12.4. The first-order chi connectivity index (χ1) is 14.5. The Bertz CT molecular complexity index is 827. The normalized spacial score (nSPS) is 18.9. The average molecular weight is 434 g/mol. The number of hydrogen-bond donors (Lipinski definition) is 3. The van der Waals surface area contributed by atoms with Crippen LogP contribution in [0.3, 0.4) is 0 Å². The van der Waals surface area contributed by atoms with Gasteiger partial charge in [0, 0.05) is 43.9 Å². The molecule has 0 radical (unpaired) electrons. The van der Waals surface area contributed by atoms with Crippen molar-refractivity contribution in [3.63, 3.8) is 0 Å². The largest absolute Gasteiger partial charge is 0.356 e. The average Bonchev–Trinajstić information content (AvgIpc) is 3.38. The quantitative estimate of drug-likeness (QED) is 0.389. The van der Waals surface area contributed by atoms with Crippen LogP contribution in [-0.2, 0) is 22.6 Å².